The summed E-state index contributed by atoms with van der Waals surface area (Å²) in [5.74, 6) is 1.70. The highest BCUT2D eigenvalue weighted by Gasteiger charge is 2.23. The smallest absolute Gasteiger partial charge is 0.232 e. The number of carbonyl (C=O) groups is 1. The first kappa shape index (κ1) is 22.9. The molecule has 0 saturated heterocycles. The molecule has 1 aromatic heterocycles. The van der Waals surface area contributed by atoms with Crippen LogP contribution in [0, 0.1) is 5.41 Å². The lowest BCUT2D eigenvalue weighted by Crippen LogP contribution is -2.28. The van der Waals surface area contributed by atoms with Crippen molar-refractivity contribution in [1.82, 2.24) is 9.66 Å². The predicted octanol–water partition coefficient (Wildman–Crippen LogP) is 4.44. The van der Waals surface area contributed by atoms with Crippen molar-refractivity contribution in [3.05, 3.63) is 54.2 Å². The van der Waals surface area contributed by atoms with Gasteiger partial charge in [0.15, 0.2) is 11.5 Å². The topological polar surface area (TPSA) is 87.0 Å². The average Bonchev–Trinajstić information content (AvgIpc) is 3.19. The molecule has 3 aromatic rings. The number of anilines is 1. The van der Waals surface area contributed by atoms with E-state index in [0.717, 1.165) is 11.1 Å². The molecule has 2 aromatic carbocycles. The van der Waals surface area contributed by atoms with Crippen molar-refractivity contribution >= 4 is 18.1 Å². The van der Waals surface area contributed by atoms with E-state index in [1.165, 1.54) is 4.68 Å². The molecule has 1 N–H and O–H groups in total. The molecule has 0 aliphatic heterocycles. The molecule has 0 radical (unpaired) electrons. The van der Waals surface area contributed by atoms with Crippen LogP contribution in [0.15, 0.2) is 53.8 Å². The lowest BCUT2D eigenvalue weighted by atomic mass is 9.96. The third kappa shape index (κ3) is 5.08. The molecule has 8 nitrogen and oxygen atoms in total. The Morgan fingerprint density at radius 3 is 2.19 bits per heavy atom. The van der Waals surface area contributed by atoms with Gasteiger partial charge in [0, 0.05) is 16.5 Å². The largest absolute Gasteiger partial charge is 0.493 e. The summed E-state index contributed by atoms with van der Waals surface area (Å²) in [7, 11) is 4.66. The third-order valence-corrected chi connectivity index (χ3v) is 4.68. The van der Waals surface area contributed by atoms with Gasteiger partial charge in [0.25, 0.3) is 0 Å². The summed E-state index contributed by atoms with van der Waals surface area (Å²) in [4.78, 5) is 17.2. The number of ether oxygens (including phenoxy) is 3. The number of imidazole rings is 1. The molecule has 0 fully saturated rings. The molecule has 0 saturated carbocycles. The molecular weight excluding hydrogens is 408 g/mol. The lowest BCUT2D eigenvalue weighted by molar-refractivity contribution is -0.123. The first-order valence-electron chi connectivity index (χ1n) is 10.1. The molecule has 0 bridgehead atoms. The van der Waals surface area contributed by atoms with Crippen molar-refractivity contribution in [2.75, 3.05) is 26.6 Å². The fourth-order valence-electron chi connectivity index (χ4n) is 2.89. The molecule has 0 aliphatic carbocycles. The van der Waals surface area contributed by atoms with Gasteiger partial charge in [-0.1, -0.05) is 51.1 Å². The van der Waals surface area contributed by atoms with Gasteiger partial charge in [-0.3, -0.25) is 10.1 Å². The molecule has 32 heavy (non-hydrogen) atoms. The maximum Gasteiger partial charge on any atom is 0.232 e. The fourth-order valence-corrected chi connectivity index (χ4v) is 2.89. The number of carbonyl (C=O) groups excluding carboxylic acids is 1. The number of amides is 1. The predicted molar refractivity (Wildman–Crippen MR) is 125 cm³/mol. The second-order valence-electron chi connectivity index (χ2n) is 8.07. The second-order valence-corrected chi connectivity index (χ2v) is 8.07. The molecule has 168 valence electrons. The normalized spacial score (nSPS) is 11.4. The number of benzene rings is 2. The Bertz CT molecular complexity index is 1090. The molecule has 0 unspecified atom stereocenters. The third-order valence-electron chi connectivity index (χ3n) is 4.68. The van der Waals surface area contributed by atoms with Gasteiger partial charge in [0.1, 0.15) is 0 Å². The monoisotopic (exact) mass is 436 g/mol. The Balaban J connectivity index is 2.01. The number of nitrogens with one attached hydrogen (secondary N) is 1. The second kappa shape index (κ2) is 9.55. The number of methoxy groups -OCH3 is 3. The van der Waals surface area contributed by atoms with Crippen molar-refractivity contribution < 1.29 is 19.0 Å². The van der Waals surface area contributed by atoms with Crippen LogP contribution in [0.3, 0.4) is 0 Å². The lowest BCUT2D eigenvalue weighted by Gasteiger charge is -2.16. The molecule has 1 amide bonds. The SMILES string of the molecule is COc1cc(/C=N/n2cc(-c3ccccc3)nc2NC(=O)C(C)(C)C)cc(OC)c1OC. The van der Waals surface area contributed by atoms with Crippen molar-refractivity contribution in [3.8, 4) is 28.5 Å². The van der Waals surface area contributed by atoms with Crippen molar-refractivity contribution in [2.45, 2.75) is 20.8 Å². The van der Waals surface area contributed by atoms with Gasteiger partial charge < -0.3 is 14.2 Å². The Morgan fingerprint density at radius 2 is 1.66 bits per heavy atom. The number of rotatable bonds is 7. The van der Waals surface area contributed by atoms with E-state index in [1.807, 2.05) is 51.1 Å². The minimum Gasteiger partial charge on any atom is -0.493 e. The average molecular weight is 437 g/mol. The highest BCUT2D eigenvalue weighted by molar-refractivity contribution is 5.93. The van der Waals surface area contributed by atoms with Gasteiger partial charge in [-0.2, -0.15) is 5.10 Å². The summed E-state index contributed by atoms with van der Waals surface area (Å²) in [6.07, 6.45) is 3.40. The Labute approximate surface area is 187 Å². The summed E-state index contributed by atoms with van der Waals surface area (Å²) in [5, 5.41) is 7.40. The van der Waals surface area contributed by atoms with E-state index in [4.69, 9.17) is 14.2 Å². The van der Waals surface area contributed by atoms with Crippen LogP contribution in [0.2, 0.25) is 0 Å². The summed E-state index contributed by atoms with van der Waals surface area (Å²) in [5.41, 5.74) is 1.75. The first-order chi connectivity index (χ1) is 15.3. The van der Waals surface area contributed by atoms with E-state index >= 15 is 0 Å². The van der Waals surface area contributed by atoms with E-state index in [0.29, 0.717) is 28.9 Å². The van der Waals surface area contributed by atoms with Crippen LogP contribution in [0.5, 0.6) is 17.2 Å². The van der Waals surface area contributed by atoms with Crippen molar-refractivity contribution in [1.29, 1.82) is 0 Å². The molecule has 0 aliphatic rings. The molecular formula is C24H28N4O4. The van der Waals surface area contributed by atoms with Crippen LogP contribution >= 0.6 is 0 Å². The Kier molecular flexibility index (Phi) is 6.82. The van der Waals surface area contributed by atoms with Crippen LogP contribution in [0.25, 0.3) is 11.3 Å². The van der Waals surface area contributed by atoms with Gasteiger partial charge in [-0.05, 0) is 12.1 Å². The van der Waals surface area contributed by atoms with Crippen LogP contribution in [0.4, 0.5) is 5.95 Å². The number of aromatic nitrogens is 2. The Morgan fingerprint density at radius 1 is 1.03 bits per heavy atom. The molecule has 0 atom stereocenters. The van der Waals surface area contributed by atoms with Gasteiger partial charge in [-0.25, -0.2) is 9.66 Å². The van der Waals surface area contributed by atoms with Gasteiger partial charge in [0.05, 0.1) is 39.4 Å². The van der Waals surface area contributed by atoms with E-state index in [2.05, 4.69) is 15.4 Å². The van der Waals surface area contributed by atoms with Gasteiger partial charge >= 0.3 is 0 Å². The highest BCUT2D eigenvalue weighted by Crippen LogP contribution is 2.37. The van der Waals surface area contributed by atoms with Crippen molar-refractivity contribution in [3.63, 3.8) is 0 Å². The molecule has 1 heterocycles. The maximum absolute atomic E-state index is 12.6. The van der Waals surface area contributed by atoms with Crippen LogP contribution < -0.4 is 19.5 Å². The maximum atomic E-state index is 12.6. The number of hydrogen-bond donors (Lipinski definition) is 1. The van der Waals surface area contributed by atoms with Crippen LogP contribution in [0.1, 0.15) is 26.3 Å². The van der Waals surface area contributed by atoms with E-state index in [-0.39, 0.29) is 5.91 Å². The zero-order valence-corrected chi connectivity index (χ0v) is 19.2. The zero-order chi connectivity index (χ0) is 23.3. The summed E-state index contributed by atoms with van der Waals surface area (Å²) in [6, 6.07) is 13.3. The summed E-state index contributed by atoms with van der Waals surface area (Å²) < 4.78 is 17.7. The van der Waals surface area contributed by atoms with E-state index in [9.17, 15) is 4.79 Å². The quantitative estimate of drug-likeness (QED) is 0.553. The summed E-state index contributed by atoms with van der Waals surface area (Å²) >= 11 is 0. The number of nitrogens with zero attached hydrogens (tertiary/aromatic N) is 3. The number of hydrogen-bond acceptors (Lipinski definition) is 6. The minimum absolute atomic E-state index is 0.160. The van der Waals surface area contributed by atoms with Gasteiger partial charge in [0.2, 0.25) is 17.6 Å². The van der Waals surface area contributed by atoms with E-state index < -0.39 is 5.41 Å². The molecule has 8 heteroatoms. The standard InChI is InChI=1S/C24H28N4O4/c1-24(2,3)22(29)27-23-26-18(17-10-8-7-9-11-17)15-28(23)25-14-16-12-19(30-4)21(32-6)20(13-16)31-5/h7-15H,1-6H3,(H,26,27,29)/b25-14+. The molecule has 0 spiro atoms. The Hall–Kier alpha value is -3.81. The van der Waals surface area contributed by atoms with Crippen LogP contribution in [-0.2, 0) is 4.79 Å². The zero-order valence-electron chi connectivity index (χ0n) is 19.2. The molecule has 3 rings (SSSR count). The first-order valence-corrected chi connectivity index (χ1v) is 10.1. The van der Waals surface area contributed by atoms with Crippen LogP contribution in [-0.4, -0.2) is 43.1 Å². The van der Waals surface area contributed by atoms with Gasteiger partial charge in [-0.15, -0.1) is 0 Å². The van der Waals surface area contributed by atoms with E-state index in [1.54, 1.807) is 45.9 Å². The highest BCUT2D eigenvalue weighted by atomic mass is 16.5. The summed E-state index contributed by atoms with van der Waals surface area (Å²) in [6.45, 7) is 5.52. The van der Waals surface area contributed by atoms with Crippen molar-refractivity contribution in [2.24, 2.45) is 10.5 Å². The minimum atomic E-state index is -0.579. The fraction of sp³-hybridized carbons (Fsp3) is 0.292.